The molecule has 116 valence electrons. The summed E-state index contributed by atoms with van der Waals surface area (Å²) in [6.07, 6.45) is 9.23. The van der Waals surface area contributed by atoms with Gasteiger partial charge in [-0.1, -0.05) is 6.42 Å². The Morgan fingerprint density at radius 2 is 2.00 bits per heavy atom. The molecule has 0 bridgehead atoms. The maximum absolute atomic E-state index is 12.2. The van der Waals surface area contributed by atoms with Crippen molar-refractivity contribution in [2.75, 3.05) is 18.0 Å². The fraction of sp³-hybridized carbons (Fsp3) is 0.750. The van der Waals surface area contributed by atoms with Crippen molar-refractivity contribution in [1.82, 2.24) is 9.78 Å². The average Bonchev–Trinajstić information content (AvgIpc) is 2.92. The molecule has 5 nitrogen and oxygen atoms in total. The van der Waals surface area contributed by atoms with Gasteiger partial charge in [-0.05, 0) is 44.4 Å². The van der Waals surface area contributed by atoms with Crippen molar-refractivity contribution in [3.05, 3.63) is 22.6 Å². The van der Waals surface area contributed by atoms with Gasteiger partial charge in [-0.25, -0.2) is 4.68 Å². The minimum absolute atomic E-state index is 0.0226. The number of anilines is 1. The fourth-order valence-corrected chi connectivity index (χ4v) is 3.56. The van der Waals surface area contributed by atoms with E-state index in [4.69, 9.17) is 0 Å². The number of hydrogen-bond acceptors (Lipinski definition) is 4. The topological polar surface area (TPSA) is 58.4 Å². The molecule has 1 aliphatic heterocycles. The van der Waals surface area contributed by atoms with E-state index in [1.54, 1.807) is 10.7 Å². The van der Waals surface area contributed by atoms with E-state index in [1.165, 1.54) is 19.3 Å². The predicted molar refractivity (Wildman–Crippen MR) is 82.5 cm³/mol. The maximum atomic E-state index is 12.2. The Bertz CT molecular complexity index is 522. The molecule has 1 aliphatic carbocycles. The molecule has 2 unspecified atom stereocenters. The quantitative estimate of drug-likeness (QED) is 0.919. The first-order valence-corrected chi connectivity index (χ1v) is 8.24. The van der Waals surface area contributed by atoms with E-state index in [9.17, 15) is 9.90 Å². The molecule has 1 aromatic rings. The molecule has 2 atom stereocenters. The minimum atomic E-state index is -0.187. The molecular formula is C16H25N3O2. The van der Waals surface area contributed by atoms with Crippen LogP contribution in [0.5, 0.6) is 0 Å². The number of aromatic nitrogens is 2. The van der Waals surface area contributed by atoms with E-state index >= 15 is 0 Å². The molecule has 21 heavy (non-hydrogen) atoms. The maximum Gasteiger partial charge on any atom is 0.268 e. The predicted octanol–water partition coefficient (Wildman–Crippen LogP) is 1.78. The Hall–Kier alpha value is -1.36. The van der Waals surface area contributed by atoms with Crippen LogP contribution in [-0.4, -0.2) is 34.1 Å². The molecule has 3 rings (SSSR count). The Kier molecular flexibility index (Phi) is 4.58. The third-order valence-electron chi connectivity index (χ3n) is 4.91. The van der Waals surface area contributed by atoms with Crippen LogP contribution in [0.2, 0.25) is 0 Å². The number of piperidine rings is 1. The lowest BCUT2D eigenvalue weighted by Gasteiger charge is -2.28. The summed E-state index contributed by atoms with van der Waals surface area (Å²) in [6.45, 7) is 2.67. The summed E-state index contributed by atoms with van der Waals surface area (Å²) >= 11 is 0. The van der Waals surface area contributed by atoms with Crippen LogP contribution in [0.1, 0.15) is 44.9 Å². The highest BCUT2D eigenvalue weighted by Gasteiger charge is 2.24. The highest BCUT2D eigenvalue weighted by Crippen LogP contribution is 2.28. The van der Waals surface area contributed by atoms with E-state index in [-0.39, 0.29) is 11.7 Å². The van der Waals surface area contributed by atoms with Crippen LogP contribution in [0.25, 0.3) is 0 Å². The largest absolute Gasteiger partial charge is 0.393 e. The first-order valence-electron chi connectivity index (χ1n) is 8.24. The SMILES string of the molecule is O=c1cc(N2CCCCC2)cnn1CCC1CCCC1O. The molecule has 0 amide bonds. The van der Waals surface area contributed by atoms with Crippen molar-refractivity contribution < 1.29 is 5.11 Å². The summed E-state index contributed by atoms with van der Waals surface area (Å²) < 4.78 is 1.54. The highest BCUT2D eigenvalue weighted by molar-refractivity contribution is 5.43. The van der Waals surface area contributed by atoms with Gasteiger partial charge in [0.15, 0.2) is 0 Å². The number of hydrogen-bond donors (Lipinski definition) is 1. The first kappa shape index (κ1) is 14.6. The molecule has 0 spiro atoms. The van der Waals surface area contributed by atoms with Crippen molar-refractivity contribution in [3.8, 4) is 0 Å². The Balaban J connectivity index is 1.62. The van der Waals surface area contributed by atoms with Gasteiger partial charge < -0.3 is 10.0 Å². The van der Waals surface area contributed by atoms with Crippen LogP contribution in [0.15, 0.2) is 17.1 Å². The van der Waals surface area contributed by atoms with Crippen LogP contribution < -0.4 is 10.5 Å². The summed E-state index contributed by atoms with van der Waals surface area (Å²) in [4.78, 5) is 14.4. The van der Waals surface area contributed by atoms with Gasteiger partial charge in [-0.2, -0.15) is 5.10 Å². The number of aliphatic hydroxyl groups is 1. The molecule has 2 fully saturated rings. The minimum Gasteiger partial charge on any atom is -0.393 e. The first-order chi connectivity index (χ1) is 10.2. The fourth-order valence-electron chi connectivity index (χ4n) is 3.56. The van der Waals surface area contributed by atoms with E-state index in [0.29, 0.717) is 12.5 Å². The Morgan fingerprint density at radius 1 is 1.19 bits per heavy atom. The second kappa shape index (κ2) is 6.60. The van der Waals surface area contributed by atoms with Gasteiger partial charge in [0.05, 0.1) is 18.0 Å². The van der Waals surface area contributed by atoms with Gasteiger partial charge in [-0.15, -0.1) is 0 Å². The van der Waals surface area contributed by atoms with Crippen LogP contribution in [0.3, 0.4) is 0 Å². The van der Waals surface area contributed by atoms with Crippen LogP contribution in [-0.2, 0) is 6.54 Å². The zero-order chi connectivity index (χ0) is 14.7. The van der Waals surface area contributed by atoms with Gasteiger partial charge >= 0.3 is 0 Å². The van der Waals surface area contributed by atoms with Crippen molar-refractivity contribution in [1.29, 1.82) is 0 Å². The number of nitrogens with zero attached hydrogens (tertiary/aromatic N) is 3. The van der Waals surface area contributed by atoms with E-state index < -0.39 is 0 Å². The molecular weight excluding hydrogens is 266 g/mol. The zero-order valence-electron chi connectivity index (χ0n) is 12.6. The molecule has 1 N–H and O–H groups in total. The van der Waals surface area contributed by atoms with Crippen LogP contribution >= 0.6 is 0 Å². The van der Waals surface area contributed by atoms with Crippen molar-refractivity contribution in [2.45, 2.75) is 57.6 Å². The summed E-state index contributed by atoms with van der Waals surface area (Å²) in [7, 11) is 0. The summed E-state index contributed by atoms with van der Waals surface area (Å²) in [5, 5.41) is 14.2. The smallest absolute Gasteiger partial charge is 0.268 e. The number of aryl methyl sites for hydroxylation is 1. The lowest BCUT2D eigenvalue weighted by molar-refractivity contribution is 0.124. The number of aliphatic hydroxyl groups excluding tert-OH is 1. The number of rotatable bonds is 4. The normalized spacial score (nSPS) is 26.2. The Labute approximate surface area is 125 Å². The highest BCUT2D eigenvalue weighted by atomic mass is 16.3. The van der Waals surface area contributed by atoms with Gasteiger partial charge in [0.2, 0.25) is 0 Å². The average molecular weight is 291 g/mol. The molecule has 1 aromatic heterocycles. The van der Waals surface area contributed by atoms with Crippen LogP contribution in [0.4, 0.5) is 5.69 Å². The van der Waals surface area contributed by atoms with E-state index in [1.807, 2.05) is 6.20 Å². The Morgan fingerprint density at radius 3 is 2.67 bits per heavy atom. The van der Waals surface area contributed by atoms with Crippen molar-refractivity contribution in [3.63, 3.8) is 0 Å². The van der Waals surface area contributed by atoms with E-state index in [0.717, 1.165) is 44.5 Å². The van der Waals surface area contributed by atoms with E-state index in [2.05, 4.69) is 10.00 Å². The monoisotopic (exact) mass is 291 g/mol. The summed E-state index contributed by atoms with van der Waals surface area (Å²) in [5.74, 6) is 0.334. The molecule has 2 aliphatic rings. The van der Waals surface area contributed by atoms with Gasteiger partial charge in [0.25, 0.3) is 5.56 Å². The summed E-state index contributed by atoms with van der Waals surface area (Å²) in [5.41, 5.74) is 0.933. The lowest BCUT2D eigenvalue weighted by atomic mass is 10.0. The second-order valence-electron chi connectivity index (χ2n) is 6.37. The van der Waals surface area contributed by atoms with Crippen molar-refractivity contribution >= 4 is 5.69 Å². The summed E-state index contributed by atoms with van der Waals surface area (Å²) in [6, 6.07) is 1.71. The molecule has 1 saturated heterocycles. The molecule has 0 aromatic carbocycles. The van der Waals surface area contributed by atoms with Gasteiger partial charge in [-0.3, -0.25) is 4.79 Å². The molecule has 1 saturated carbocycles. The van der Waals surface area contributed by atoms with Crippen LogP contribution in [0, 0.1) is 5.92 Å². The lowest BCUT2D eigenvalue weighted by Crippen LogP contribution is -2.32. The standard InChI is InChI=1S/C16H25N3O2/c20-15-6-4-5-13(15)7-10-19-16(21)11-14(12-17-19)18-8-2-1-3-9-18/h11-13,15,20H,1-10H2. The second-order valence-corrected chi connectivity index (χ2v) is 6.37. The molecule has 5 heteroatoms. The zero-order valence-corrected chi connectivity index (χ0v) is 12.6. The van der Waals surface area contributed by atoms with Crippen molar-refractivity contribution in [2.24, 2.45) is 5.92 Å². The van der Waals surface area contributed by atoms with Gasteiger partial charge in [0, 0.05) is 25.7 Å². The molecule has 0 radical (unpaired) electrons. The third kappa shape index (κ3) is 3.46. The van der Waals surface area contributed by atoms with Gasteiger partial charge in [0.1, 0.15) is 0 Å². The molecule has 2 heterocycles. The third-order valence-corrected chi connectivity index (χ3v) is 4.91.